The molecule has 0 unspecified atom stereocenters. The minimum atomic E-state index is 0.561. The Labute approximate surface area is 145 Å². The lowest BCUT2D eigenvalue weighted by Gasteiger charge is -2.07. The molecule has 4 aromatic rings. The molecule has 25 heavy (non-hydrogen) atoms. The fourth-order valence-electron chi connectivity index (χ4n) is 2.49. The number of anilines is 2. The fraction of sp³-hybridized carbons (Fsp3) is 0.0526. The summed E-state index contributed by atoms with van der Waals surface area (Å²) in [5.74, 6) is 1.30. The normalized spacial score (nSPS) is 10.6. The van der Waals surface area contributed by atoms with Crippen LogP contribution in [-0.2, 0) is 0 Å². The van der Waals surface area contributed by atoms with E-state index in [2.05, 4.69) is 25.4 Å². The summed E-state index contributed by atoms with van der Waals surface area (Å²) in [6.45, 7) is 1.86. The van der Waals surface area contributed by atoms with E-state index in [0.717, 1.165) is 28.5 Å². The Morgan fingerprint density at radius 3 is 2.40 bits per heavy atom. The van der Waals surface area contributed by atoms with Gasteiger partial charge in [0.2, 0.25) is 5.95 Å². The number of aryl methyl sites for hydroxylation is 1. The molecule has 1 N–H and O–H groups in total. The van der Waals surface area contributed by atoms with Crippen LogP contribution in [0.2, 0.25) is 0 Å². The number of hydrogen-bond donors (Lipinski definition) is 1. The van der Waals surface area contributed by atoms with Gasteiger partial charge < -0.3 is 5.32 Å². The van der Waals surface area contributed by atoms with Gasteiger partial charge in [-0.1, -0.05) is 30.3 Å². The molecule has 2 heterocycles. The van der Waals surface area contributed by atoms with Crippen LogP contribution >= 0.6 is 0 Å². The third-order valence-electron chi connectivity index (χ3n) is 3.72. The van der Waals surface area contributed by atoms with Gasteiger partial charge in [-0.15, -0.1) is 0 Å². The first-order valence-electron chi connectivity index (χ1n) is 7.92. The quantitative estimate of drug-likeness (QED) is 0.617. The van der Waals surface area contributed by atoms with Crippen molar-refractivity contribution in [2.75, 3.05) is 5.32 Å². The minimum absolute atomic E-state index is 0.561. The molecule has 0 bridgehead atoms. The summed E-state index contributed by atoms with van der Waals surface area (Å²) in [7, 11) is 0. The van der Waals surface area contributed by atoms with Gasteiger partial charge in [-0.3, -0.25) is 0 Å². The molecule has 0 atom stereocenters. The Balaban J connectivity index is 1.54. The number of aromatic nitrogens is 5. The SMILES string of the molecule is Cc1ncn(-c2ccc(Nc3nccc(-c4ccccc4)n3)cc2)n1. The van der Waals surface area contributed by atoms with Crippen molar-refractivity contribution in [2.24, 2.45) is 0 Å². The van der Waals surface area contributed by atoms with E-state index in [1.165, 1.54) is 0 Å². The molecule has 2 aromatic heterocycles. The predicted molar refractivity (Wildman–Crippen MR) is 96.8 cm³/mol. The monoisotopic (exact) mass is 328 g/mol. The zero-order chi connectivity index (χ0) is 17.1. The highest BCUT2D eigenvalue weighted by Gasteiger charge is 2.04. The van der Waals surface area contributed by atoms with Crippen molar-refractivity contribution in [2.45, 2.75) is 6.92 Å². The smallest absolute Gasteiger partial charge is 0.227 e. The van der Waals surface area contributed by atoms with Gasteiger partial charge in [0.15, 0.2) is 0 Å². The average Bonchev–Trinajstić information content (AvgIpc) is 3.10. The first kappa shape index (κ1) is 15.0. The van der Waals surface area contributed by atoms with Crippen LogP contribution in [0.3, 0.4) is 0 Å². The summed E-state index contributed by atoms with van der Waals surface area (Å²) in [5.41, 5.74) is 3.80. The van der Waals surface area contributed by atoms with E-state index in [1.54, 1.807) is 17.2 Å². The lowest BCUT2D eigenvalue weighted by molar-refractivity contribution is 0.863. The second-order valence-corrected chi connectivity index (χ2v) is 5.54. The van der Waals surface area contributed by atoms with E-state index >= 15 is 0 Å². The summed E-state index contributed by atoms with van der Waals surface area (Å²) in [6, 6.07) is 19.8. The minimum Gasteiger partial charge on any atom is -0.324 e. The van der Waals surface area contributed by atoms with Gasteiger partial charge >= 0.3 is 0 Å². The summed E-state index contributed by atoms with van der Waals surface area (Å²) < 4.78 is 1.74. The van der Waals surface area contributed by atoms with E-state index in [9.17, 15) is 0 Å². The van der Waals surface area contributed by atoms with Gasteiger partial charge in [0.25, 0.3) is 0 Å². The standard InChI is InChI=1S/C19H16N6/c1-14-21-13-25(24-14)17-9-7-16(8-10-17)22-19-20-12-11-18(23-19)15-5-3-2-4-6-15/h2-13H,1H3,(H,20,22,23). The Morgan fingerprint density at radius 2 is 1.68 bits per heavy atom. The number of hydrogen-bond acceptors (Lipinski definition) is 5. The molecule has 6 heteroatoms. The van der Waals surface area contributed by atoms with Crippen molar-refractivity contribution in [3.05, 3.63) is 79.0 Å². The number of benzene rings is 2. The van der Waals surface area contributed by atoms with Gasteiger partial charge in [-0.25, -0.2) is 19.6 Å². The van der Waals surface area contributed by atoms with Crippen molar-refractivity contribution < 1.29 is 0 Å². The molecule has 122 valence electrons. The van der Waals surface area contributed by atoms with E-state index in [-0.39, 0.29) is 0 Å². The zero-order valence-corrected chi connectivity index (χ0v) is 13.7. The van der Waals surface area contributed by atoms with Crippen molar-refractivity contribution in [1.82, 2.24) is 24.7 Å². The number of nitrogens with zero attached hydrogens (tertiary/aromatic N) is 5. The van der Waals surface area contributed by atoms with Crippen molar-refractivity contribution in [3.63, 3.8) is 0 Å². The molecule has 0 amide bonds. The van der Waals surface area contributed by atoms with Crippen LogP contribution in [-0.4, -0.2) is 24.7 Å². The van der Waals surface area contributed by atoms with Gasteiger partial charge in [0.1, 0.15) is 12.2 Å². The summed E-state index contributed by atoms with van der Waals surface area (Å²) >= 11 is 0. The summed E-state index contributed by atoms with van der Waals surface area (Å²) in [6.07, 6.45) is 3.45. The molecule has 0 aliphatic rings. The molecule has 0 fully saturated rings. The zero-order valence-electron chi connectivity index (χ0n) is 13.7. The molecule has 6 nitrogen and oxygen atoms in total. The molecule has 4 rings (SSSR count). The third kappa shape index (κ3) is 3.37. The van der Waals surface area contributed by atoms with Crippen molar-refractivity contribution in [3.8, 4) is 16.9 Å². The maximum atomic E-state index is 4.57. The number of nitrogens with one attached hydrogen (secondary N) is 1. The maximum Gasteiger partial charge on any atom is 0.227 e. The summed E-state index contributed by atoms with van der Waals surface area (Å²) in [4.78, 5) is 13.0. The van der Waals surface area contributed by atoms with Crippen LogP contribution in [0.4, 0.5) is 11.6 Å². The second kappa shape index (κ2) is 6.52. The van der Waals surface area contributed by atoms with Crippen LogP contribution < -0.4 is 5.32 Å². The van der Waals surface area contributed by atoms with Gasteiger partial charge in [-0.05, 0) is 37.3 Å². The van der Waals surface area contributed by atoms with Gasteiger partial charge in [-0.2, -0.15) is 5.10 Å². The Kier molecular flexibility index (Phi) is 3.92. The van der Waals surface area contributed by atoms with E-state index in [4.69, 9.17) is 0 Å². The second-order valence-electron chi connectivity index (χ2n) is 5.54. The molecule has 0 spiro atoms. The highest BCUT2D eigenvalue weighted by molar-refractivity contribution is 5.62. The van der Waals surface area contributed by atoms with Gasteiger partial charge in [0.05, 0.1) is 11.4 Å². The molecule has 0 aliphatic heterocycles. The van der Waals surface area contributed by atoms with Crippen LogP contribution in [0.5, 0.6) is 0 Å². The first-order valence-corrected chi connectivity index (χ1v) is 7.92. The maximum absolute atomic E-state index is 4.57. The lowest BCUT2D eigenvalue weighted by atomic mass is 10.1. The van der Waals surface area contributed by atoms with Crippen LogP contribution in [0, 0.1) is 6.92 Å². The third-order valence-corrected chi connectivity index (χ3v) is 3.72. The molecule has 0 saturated carbocycles. The highest BCUT2D eigenvalue weighted by Crippen LogP contribution is 2.20. The summed E-state index contributed by atoms with van der Waals surface area (Å²) in [5, 5.41) is 7.53. The van der Waals surface area contributed by atoms with Crippen LogP contribution in [0.15, 0.2) is 73.2 Å². The Hall–Kier alpha value is -3.54. The van der Waals surface area contributed by atoms with E-state index in [0.29, 0.717) is 5.95 Å². The Morgan fingerprint density at radius 1 is 0.880 bits per heavy atom. The predicted octanol–water partition coefficient (Wildman–Crippen LogP) is 3.78. The molecular formula is C19H16N6. The fourth-order valence-corrected chi connectivity index (χ4v) is 2.49. The number of rotatable bonds is 4. The van der Waals surface area contributed by atoms with E-state index in [1.807, 2.05) is 67.6 Å². The molecule has 0 radical (unpaired) electrons. The van der Waals surface area contributed by atoms with Gasteiger partial charge in [0, 0.05) is 17.4 Å². The molecule has 0 saturated heterocycles. The van der Waals surface area contributed by atoms with Crippen molar-refractivity contribution in [1.29, 1.82) is 0 Å². The Bertz CT molecular complexity index is 976. The molecular weight excluding hydrogens is 312 g/mol. The lowest BCUT2D eigenvalue weighted by Crippen LogP contribution is -1.99. The largest absolute Gasteiger partial charge is 0.324 e. The van der Waals surface area contributed by atoms with Crippen LogP contribution in [0.1, 0.15) is 5.82 Å². The van der Waals surface area contributed by atoms with E-state index < -0.39 is 0 Å². The molecule has 0 aliphatic carbocycles. The van der Waals surface area contributed by atoms with Crippen molar-refractivity contribution >= 4 is 11.6 Å². The molecule has 2 aromatic carbocycles. The first-order chi connectivity index (χ1) is 12.3. The highest BCUT2D eigenvalue weighted by atomic mass is 15.3. The average molecular weight is 328 g/mol. The van der Waals surface area contributed by atoms with Crippen LogP contribution in [0.25, 0.3) is 16.9 Å². The topological polar surface area (TPSA) is 68.5 Å².